The molecule has 0 radical (unpaired) electrons. The number of carbonyl (C=O) groups is 1. The van der Waals surface area contributed by atoms with Crippen LogP contribution in [0.15, 0.2) is 77.6 Å². The van der Waals surface area contributed by atoms with Crippen LogP contribution in [0.2, 0.25) is 0 Å². The Labute approximate surface area is 213 Å². The first-order valence-electron chi connectivity index (χ1n) is 12.1. The van der Waals surface area contributed by atoms with Gasteiger partial charge in [-0.2, -0.15) is 5.10 Å². The molecule has 0 aliphatic heterocycles. The van der Waals surface area contributed by atoms with Gasteiger partial charge in [-0.05, 0) is 41.8 Å². The molecule has 0 unspecified atom stereocenters. The van der Waals surface area contributed by atoms with Crippen LogP contribution >= 0.6 is 0 Å². The second-order valence-electron chi connectivity index (χ2n) is 10.3. The van der Waals surface area contributed by atoms with Crippen molar-refractivity contribution in [3.63, 3.8) is 0 Å². The van der Waals surface area contributed by atoms with Crippen molar-refractivity contribution in [2.75, 3.05) is 5.32 Å². The molecular formula is C29H26N6O2. The van der Waals surface area contributed by atoms with Crippen LogP contribution in [0, 0.1) is 5.41 Å². The quantitative estimate of drug-likeness (QED) is 0.246. The fraction of sp³-hybridized carbons (Fsp3) is 0.172. The van der Waals surface area contributed by atoms with Crippen molar-refractivity contribution in [3.05, 3.63) is 73.2 Å². The van der Waals surface area contributed by atoms with Crippen LogP contribution in [0.3, 0.4) is 0 Å². The molecular weight excluding hydrogens is 464 g/mol. The van der Waals surface area contributed by atoms with Gasteiger partial charge in [0.1, 0.15) is 5.52 Å². The van der Waals surface area contributed by atoms with Crippen LogP contribution in [0.25, 0.3) is 56.0 Å². The van der Waals surface area contributed by atoms with E-state index in [2.05, 4.69) is 20.5 Å². The molecule has 0 aliphatic rings. The maximum atomic E-state index is 12.4. The maximum Gasteiger partial charge on any atom is 0.224 e. The molecule has 6 rings (SSSR count). The Hall–Kier alpha value is -4.72. The monoisotopic (exact) mass is 490 g/mol. The number of carbonyl (C=O) groups excluding carboxylic acids is 1. The highest BCUT2D eigenvalue weighted by molar-refractivity contribution is 5.96. The number of rotatable bonds is 5. The van der Waals surface area contributed by atoms with Crippen molar-refractivity contribution >= 4 is 33.7 Å². The molecule has 6 aromatic rings. The minimum Gasteiger partial charge on any atom is -0.472 e. The minimum absolute atomic E-state index is 0.00939. The summed E-state index contributed by atoms with van der Waals surface area (Å²) < 4.78 is 5.27. The standard InChI is InChI=1S/C29H26N6O2/c1-29(2,3)15-24(36)30-19-7-4-6-17(14-19)21-10-11-23-26(31-21)27(35-34-23)28-32-22-9-5-8-20(25(22)33-28)18-12-13-37-16-18/h4-14,16H,15H2,1-3H3,(H,30,36)(H,32,33)(H,34,35). The number of nitrogens with zero attached hydrogens (tertiary/aromatic N) is 3. The summed E-state index contributed by atoms with van der Waals surface area (Å²) in [5, 5.41) is 10.6. The van der Waals surface area contributed by atoms with Gasteiger partial charge in [-0.3, -0.25) is 9.89 Å². The predicted octanol–water partition coefficient (Wildman–Crippen LogP) is 6.80. The van der Waals surface area contributed by atoms with E-state index >= 15 is 0 Å². The van der Waals surface area contributed by atoms with Gasteiger partial charge in [0, 0.05) is 28.8 Å². The van der Waals surface area contributed by atoms with Crippen LogP contribution < -0.4 is 5.32 Å². The van der Waals surface area contributed by atoms with E-state index in [0.29, 0.717) is 23.5 Å². The molecule has 4 heterocycles. The van der Waals surface area contributed by atoms with E-state index in [0.717, 1.165) is 44.6 Å². The molecule has 0 bridgehead atoms. The van der Waals surface area contributed by atoms with Gasteiger partial charge in [0.05, 0.1) is 34.8 Å². The molecule has 0 saturated carbocycles. The van der Waals surface area contributed by atoms with Gasteiger partial charge in [-0.15, -0.1) is 0 Å². The molecule has 184 valence electrons. The molecule has 3 N–H and O–H groups in total. The lowest BCUT2D eigenvalue weighted by Gasteiger charge is -2.17. The Morgan fingerprint density at radius 3 is 2.62 bits per heavy atom. The summed E-state index contributed by atoms with van der Waals surface area (Å²) in [5.74, 6) is 0.620. The smallest absolute Gasteiger partial charge is 0.224 e. The minimum atomic E-state index is -0.0814. The predicted molar refractivity (Wildman–Crippen MR) is 145 cm³/mol. The van der Waals surface area contributed by atoms with Crippen LogP contribution in [-0.2, 0) is 4.79 Å². The molecule has 8 nitrogen and oxygen atoms in total. The number of hydrogen-bond acceptors (Lipinski definition) is 5. The van der Waals surface area contributed by atoms with E-state index in [1.165, 1.54) is 0 Å². The number of anilines is 1. The SMILES string of the molecule is CC(C)(C)CC(=O)Nc1cccc(-c2ccc3[nH]nc(-c4nc5c(-c6ccoc6)cccc5[nH]4)c3n2)c1. The summed E-state index contributed by atoms with van der Waals surface area (Å²) in [6.07, 6.45) is 3.81. The Bertz CT molecular complexity index is 1740. The van der Waals surface area contributed by atoms with Crippen LogP contribution in [0.5, 0.6) is 0 Å². The Balaban J connectivity index is 1.36. The fourth-order valence-electron chi connectivity index (χ4n) is 4.46. The van der Waals surface area contributed by atoms with Crippen molar-refractivity contribution in [1.82, 2.24) is 25.1 Å². The summed E-state index contributed by atoms with van der Waals surface area (Å²) in [6.45, 7) is 6.14. The Kier molecular flexibility index (Phi) is 5.37. The lowest BCUT2D eigenvalue weighted by molar-refractivity contribution is -0.117. The summed E-state index contributed by atoms with van der Waals surface area (Å²) in [5.41, 5.74) is 8.18. The zero-order valence-electron chi connectivity index (χ0n) is 20.8. The third-order valence-electron chi connectivity index (χ3n) is 6.11. The Morgan fingerprint density at radius 1 is 0.946 bits per heavy atom. The second kappa shape index (κ2) is 8.74. The molecule has 2 aromatic carbocycles. The van der Waals surface area contributed by atoms with Gasteiger partial charge in [-0.1, -0.05) is 45.0 Å². The van der Waals surface area contributed by atoms with E-state index < -0.39 is 0 Å². The summed E-state index contributed by atoms with van der Waals surface area (Å²) in [4.78, 5) is 25.6. The van der Waals surface area contributed by atoms with Gasteiger partial charge in [0.2, 0.25) is 5.91 Å². The molecule has 1 amide bonds. The third-order valence-corrected chi connectivity index (χ3v) is 6.11. The van der Waals surface area contributed by atoms with Gasteiger partial charge < -0.3 is 14.7 Å². The molecule has 8 heteroatoms. The first kappa shape index (κ1) is 22.7. The normalized spacial score (nSPS) is 11.9. The highest BCUT2D eigenvalue weighted by Gasteiger charge is 2.18. The number of pyridine rings is 1. The molecule has 37 heavy (non-hydrogen) atoms. The molecule has 0 fully saturated rings. The van der Waals surface area contributed by atoms with Crippen LogP contribution in [0.4, 0.5) is 5.69 Å². The van der Waals surface area contributed by atoms with Crippen molar-refractivity contribution in [2.45, 2.75) is 27.2 Å². The van der Waals surface area contributed by atoms with Crippen molar-refractivity contribution in [3.8, 4) is 33.9 Å². The molecule has 4 aromatic heterocycles. The van der Waals surface area contributed by atoms with Gasteiger partial charge in [-0.25, -0.2) is 9.97 Å². The number of amides is 1. The number of para-hydroxylation sites is 1. The lowest BCUT2D eigenvalue weighted by Crippen LogP contribution is -2.19. The van der Waals surface area contributed by atoms with Crippen molar-refractivity contribution in [2.24, 2.45) is 5.41 Å². The zero-order chi connectivity index (χ0) is 25.6. The number of H-pyrrole nitrogens is 2. The number of furan rings is 1. The number of benzene rings is 2. The summed E-state index contributed by atoms with van der Waals surface area (Å²) in [6, 6.07) is 19.5. The number of nitrogens with one attached hydrogen (secondary N) is 3. The van der Waals surface area contributed by atoms with E-state index in [1.54, 1.807) is 12.5 Å². The highest BCUT2D eigenvalue weighted by Crippen LogP contribution is 2.32. The topological polar surface area (TPSA) is 112 Å². The summed E-state index contributed by atoms with van der Waals surface area (Å²) >= 11 is 0. The Morgan fingerprint density at radius 2 is 1.81 bits per heavy atom. The summed E-state index contributed by atoms with van der Waals surface area (Å²) in [7, 11) is 0. The van der Waals surface area contributed by atoms with Gasteiger partial charge in [0.15, 0.2) is 11.5 Å². The zero-order valence-corrected chi connectivity index (χ0v) is 20.8. The highest BCUT2D eigenvalue weighted by atomic mass is 16.3. The van der Waals surface area contributed by atoms with Crippen molar-refractivity contribution < 1.29 is 9.21 Å². The molecule has 0 aliphatic carbocycles. The van der Waals surface area contributed by atoms with E-state index in [9.17, 15) is 4.79 Å². The number of fused-ring (bicyclic) bond motifs is 2. The van der Waals surface area contributed by atoms with E-state index in [4.69, 9.17) is 14.4 Å². The average Bonchev–Trinajstić information content (AvgIpc) is 3.61. The number of aromatic amines is 2. The van der Waals surface area contributed by atoms with Crippen LogP contribution in [0.1, 0.15) is 27.2 Å². The fourth-order valence-corrected chi connectivity index (χ4v) is 4.46. The van der Waals surface area contributed by atoms with E-state index in [1.807, 2.05) is 81.4 Å². The third kappa shape index (κ3) is 4.49. The lowest BCUT2D eigenvalue weighted by atomic mass is 9.92. The second-order valence-corrected chi connectivity index (χ2v) is 10.3. The molecule has 0 saturated heterocycles. The van der Waals surface area contributed by atoms with Crippen LogP contribution in [-0.4, -0.2) is 31.1 Å². The molecule has 0 spiro atoms. The first-order chi connectivity index (χ1) is 17.8. The maximum absolute atomic E-state index is 12.4. The van der Waals surface area contributed by atoms with E-state index in [-0.39, 0.29) is 11.3 Å². The number of hydrogen-bond donors (Lipinski definition) is 3. The average molecular weight is 491 g/mol. The van der Waals surface area contributed by atoms with Gasteiger partial charge in [0.25, 0.3) is 0 Å². The largest absolute Gasteiger partial charge is 0.472 e. The number of imidazole rings is 1. The first-order valence-corrected chi connectivity index (χ1v) is 12.1. The van der Waals surface area contributed by atoms with Gasteiger partial charge >= 0.3 is 0 Å². The number of aromatic nitrogens is 5. The molecule has 0 atom stereocenters. The van der Waals surface area contributed by atoms with Crippen molar-refractivity contribution in [1.29, 1.82) is 0 Å².